The Bertz CT molecular complexity index is 173. The lowest BCUT2D eigenvalue weighted by Crippen LogP contribution is -2.05. The minimum Gasteiger partial charge on any atom is -0.462 e. The van der Waals surface area contributed by atoms with Crippen molar-refractivity contribution in [3.05, 3.63) is 12.2 Å². The summed E-state index contributed by atoms with van der Waals surface area (Å²) in [5.41, 5.74) is 0. The fraction of sp³-hybridized carbons (Fsp3) is 0.700. The molecule has 1 aliphatic rings. The number of ether oxygens (including phenoxy) is 1. The van der Waals surface area contributed by atoms with Gasteiger partial charge in [-0.15, -0.1) is 0 Å². The summed E-state index contributed by atoms with van der Waals surface area (Å²) in [5.74, 6) is -0.0222. The number of carbonyl (C=O) groups excluding carboxylic acids is 1. The smallest absolute Gasteiger partial charge is 0.306 e. The van der Waals surface area contributed by atoms with E-state index < -0.39 is 0 Å². The highest BCUT2D eigenvalue weighted by Gasteiger charge is 2.21. The van der Waals surface area contributed by atoms with Crippen LogP contribution in [0.1, 0.15) is 39.0 Å². The maximum Gasteiger partial charge on any atom is 0.306 e. The van der Waals surface area contributed by atoms with Crippen molar-refractivity contribution in [1.82, 2.24) is 0 Å². The fourth-order valence-corrected chi connectivity index (χ4v) is 1.42. The lowest BCUT2D eigenvalue weighted by molar-refractivity contribution is -0.141. The maximum atomic E-state index is 10.7. The Hall–Kier alpha value is -0.790. The molecule has 0 spiro atoms. The predicted molar refractivity (Wildman–Crippen MR) is 47.8 cm³/mol. The summed E-state index contributed by atoms with van der Waals surface area (Å²) < 4.78 is 5.08. The van der Waals surface area contributed by atoms with Crippen molar-refractivity contribution >= 4 is 5.97 Å². The monoisotopic (exact) mass is 168 g/mol. The molecule has 68 valence electrons. The van der Waals surface area contributed by atoms with E-state index in [4.69, 9.17) is 4.74 Å². The molecule has 2 nitrogen and oxygen atoms in total. The lowest BCUT2D eigenvalue weighted by Gasteiger charge is -2.06. The molecule has 1 aliphatic heterocycles. The van der Waals surface area contributed by atoms with Crippen molar-refractivity contribution in [1.29, 1.82) is 0 Å². The zero-order valence-corrected chi connectivity index (χ0v) is 7.58. The molecule has 1 saturated heterocycles. The first-order valence-corrected chi connectivity index (χ1v) is 4.63. The maximum absolute atomic E-state index is 10.7. The molecule has 1 atom stereocenters. The molecule has 1 unspecified atom stereocenters. The second kappa shape index (κ2) is 4.96. The number of esters is 1. The van der Waals surface area contributed by atoms with Crippen molar-refractivity contribution in [3.63, 3.8) is 0 Å². The van der Waals surface area contributed by atoms with Gasteiger partial charge in [0.2, 0.25) is 0 Å². The molecule has 0 aromatic rings. The van der Waals surface area contributed by atoms with E-state index in [0.717, 1.165) is 25.7 Å². The van der Waals surface area contributed by atoms with E-state index in [9.17, 15) is 4.79 Å². The van der Waals surface area contributed by atoms with Gasteiger partial charge in [-0.2, -0.15) is 0 Å². The molecular formula is C10H16O2. The standard InChI is InChI=1S/C10H16O2/c1-2-3-4-5-6-9-7-8-10(11)12-9/h2-3,9H,4-8H2,1H3/b3-2-. The van der Waals surface area contributed by atoms with Crippen LogP contribution in [0.2, 0.25) is 0 Å². The van der Waals surface area contributed by atoms with Gasteiger partial charge in [0.05, 0.1) is 0 Å². The van der Waals surface area contributed by atoms with Crippen LogP contribution in [0, 0.1) is 0 Å². The average Bonchev–Trinajstić information content (AvgIpc) is 2.45. The van der Waals surface area contributed by atoms with Crippen molar-refractivity contribution in [2.24, 2.45) is 0 Å². The minimum atomic E-state index is -0.0222. The molecule has 0 saturated carbocycles. The van der Waals surface area contributed by atoms with Crippen LogP contribution < -0.4 is 0 Å². The summed E-state index contributed by atoms with van der Waals surface area (Å²) in [6, 6.07) is 0. The number of unbranched alkanes of at least 4 members (excludes halogenated alkanes) is 1. The Labute approximate surface area is 73.6 Å². The van der Waals surface area contributed by atoms with Crippen LogP contribution in [-0.4, -0.2) is 12.1 Å². The summed E-state index contributed by atoms with van der Waals surface area (Å²) in [5, 5.41) is 0. The van der Waals surface area contributed by atoms with Crippen LogP contribution in [-0.2, 0) is 9.53 Å². The Morgan fingerprint density at radius 1 is 1.67 bits per heavy atom. The van der Waals surface area contributed by atoms with Crippen LogP contribution in [0.25, 0.3) is 0 Å². The molecule has 0 bridgehead atoms. The summed E-state index contributed by atoms with van der Waals surface area (Å²) in [7, 11) is 0. The number of cyclic esters (lactones) is 1. The van der Waals surface area contributed by atoms with Gasteiger partial charge in [0, 0.05) is 6.42 Å². The third-order valence-electron chi connectivity index (χ3n) is 2.10. The minimum absolute atomic E-state index is 0.0222. The normalized spacial score (nSPS) is 23.4. The topological polar surface area (TPSA) is 26.3 Å². The molecule has 0 aliphatic carbocycles. The first-order chi connectivity index (χ1) is 5.83. The Morgan fingerprint density at radius 3 is 3.08 bits per heavy atom. The SMILES string of the molecule is C/C=C\CCCC1CCC(=O)O1. The van der Waals surface area contributed by atoms with Gasteiger partial charge in [-0.1, -0.05) is 12.2 Å². The number of rotatable bonds is 4. The molecular weight excluding hydrogens is 152 g/mol. The van der Waals surface area contributed by atoms with E-state index in [2.05, 4.69) is 12.2 Å². The van der Waals surface area contributed by atoms with Gasteiger partial charge in [0.25, 0.3) is 0 Å². The molecule has 0 N–H and O–H groups in total. The van der Waals surface area contributed by atoms with Crippen LogP contribution in [0.4, 0.5) is 0 Å². The average molecular weight is 168 g/mol. The van der Waals surface area contributed by atoms with E-state index in [1.54, 1.807) is 0 Å². The summed E-state index contributed by atoms with van der Waals surface area (Å²) in [4.78, 5) is 10.7. The van der Waals surface area contributed by atoms with Crippen LogP contribution in [0.3, 0.4) is 0 Å². The molecule has 1 heterocycles. The van der Waals surface area contributed by atoms with Crippen LogP contribution in [0.15, 0.2) is 12.2 Å². The number of carbonyl (C=O) groups is 1. The van der Waals surface area contributed by atoms with Crippen molar-refractivity contribution < 1.29 is 9.53 Å². The lowest BCUT2D eigenvalue weighted by atomic mass is 10.1. The first-order valence-electron chi connectivity index (χ1n) is 4.63. The summed E-state index contributed by atoms with van der Waals surface area (Å²) in [6.45, 7) is 2.02. The molecule has 0 radical (unpaired) electrons. The van der Waals surface area contributed by atoms with Gasteiger partial charge < -0.3 is 4.74 Å². The van der Waals surface area contributed by atoms with Gasteiger partial charge >= 0.3 is 5.97 Å². The van der Waals surface area contributed by atoms with Gasteiger partial charge in [0.1, 0.15) is 6.10 Å². The fourth-order valence-electron chi connectivity index (χ4n) is 1.42. The van der Waals surface area contributed by atoms with Gasteiger partial charge in [-0.3, -0.25) is 4.79 Å². The van der Waals surface area contributed by atoms with Crippen LogP contribution >= 0.6 is 0 Å². The quantitative estimate of drug-likeness (QED) is 0.366. The highest BCUT2D eigenvalue weighted by atomic mass is 16.5. The Kier molecular flexibility index (Phi) is 3.85. The third kappa shape index (κ3) is 3.07. The van der Waals surface area contributed by atoms with Gasteiger partial charge in [0.15, 0.2) is 0 Å². The molecule has 1 rings (SSSR count). The zero-order chi connectivity index (χ0) is 8.81. The number of hydrogen-bond acceptors (Lipinski definition) is 2. The molecule has 0 aromatic heterocycles. The molecule has 2 heteroatoms. The molecule has 12 heavy (non-hydrogen) atoms. The van der Waals surface area contributed by atoms with Crippen molar-refractivity contribution in [3.8, 4) is 0 Å². The van der Waals surface area contributed by atoms with E-state index in [0.29, 0.717) is 6.42 Å². The van der Waals surface area contributed by atoms with Crippen molar-refractivity contribution in [2.75, 3.05) is 0 Å². The predicted octanol–water partition coefficient (Wildman–Crippen LogP) is 2.44. The summed E-state index contributed by atoms with van der Waals surface area (Å²) in [6.07, 6.45) is 9.21. The van der Waals surface area contributed by atoms with E-state index in [1.165, 1.54) is 0 Å². The third-order valence-corrected chi connectivity index (χ3v) is 2.10. The molecule has 0 aromatic carbocycles. The number of hydrogen-bond donors (Lipinski definition) is 0. The van der Waals surface area contributed by atoms with E-state index >= 15 is 0 Å². The molecule has 1 fully saturated rings. The summed E-state index contributed by atoms with van der Waals surface area (Å²) >= 11 is 0. The second-order valence-corrected chi connectivity index (χ2v) is 3.15. The van der Waals surface area contributed by atoms with Gasteiger partial charge in [-0.25, -0.2) is 0 Å². The number of allylic oxidation sites excluding steroid dienone is 2. The second-order valence-electron chi connectivity index (χ2n) is 3.15. The molecule has 0 amide bonds. The van der Waals surface area contributed by atoms with E-state index in [1.807, 2.05) is 6.92 Å². The van der Waals surface area contributed by atoms with E-state index in [-0.39, 0.29) is 12.1 Å². The van der Waals surface area contributed by atoms with Gasteiger partial charge in [-0.05, 0) is 32.6 Å². The Morgan fingerprint density at radius 2 is 2.50 bits per heavy atom. The Balaban J connectivity index is 2.04. The highest BCUT2D eigenvalue weighted by Crippen LogP contribution is 2.18. The van der Waals surface area contributed by atoms with Crippen molar-refractivity contribution in [2.45, 2.75) is 45.1 Å². The van der Waals surface area contributed by atoms with Crippen LogP contribution in [0.5, 0.6) is 0 Å². The highest BCUT2D eigenvalue weighted by molar-refractivity contribution is 5.71. The first kappa shape index (κ1) is 9.30. The zero-order valence-electron chi connectivity index (χ0n) is 7.58. The largest absolute Gasteiger partial charge is 0.462 e.